The number of benzene rings is 1. The van der Waals surface area contributed by atoms with Crippen LogP contribution in [0.2, 0.25) is 0 Å². The lowest BCUT2D eigenvalue weighted by molar-refractivity contribution is 0.0684. The van der Waals surface area contributed by atoms with Crippen LogP contribution in [0.1, 0.15) is 30.1 Å². The molecule has 1 aromatic carbocycles. The molecule has 4 heteroatoms. The molecule has 22 heavy (non-hydrogen) atoms. The molecule has 4 nitrogen and oxygen atoms in total. The Morgan fingerprint density at radius 3 is 2.86 bits per heavy atom. The summed E-state index contributed by atoms with van der Waals surface area (Å²) in [6.07, 6.45) is 5.96. The minimum absolute atomic E-state index is 0.105. The normalized spacial score (nSPS) is 18.3. The minimum atomic E-state index is 0.105. The van der Waals surface area contributed by atoms with Crippen LogP contribution in [0.25, 0.3) is 11.1 Å². The molecule has 0 saturated carbocycles. The van der Waals surface area contributed by atoms with Crippen LogP contribution in [0.4, 0.5) is 0 Å². The maximum Gasteiger partial charge on any atom is 0.256 e. The van der Waals surface area contributed by atoms with E-state index in [-0.39, 0.29) is 5.91 Å². The highest BCUT2D eigenvalue weighted by Gasteiger charge is 2.25. The number of hydrogen-bond donors (Lipinski definition) is 1. The first-order valence-corrected chi connectivity index (χ1v) is 7.80. The highest BCUT2D eigenvalue weighted by atomic mass is 16.5. The third-order valence-electron chi connectivity index (χ3n) is 4.32. The molecule has 1 aromatic heterocycles. The molecular formula is C18H22N2O2. The summed E-state index contributed by atoms with van der Waals surface area (Å²) in [5.74, 6) is 1.46. The molecule has 1 amide bonds. The number of nitrogens with zero attached hydrogens (tertiary/aromatic N) is 1. The molecule has 1 aliphatic heterocycles. The van der Waals surface area contributed by atoms with Gasteiger partial charge in [0.25, 0.3) is 5.91 Å². The summed E-state index contributed by atoms with van der Waals surface area (Å²) < 4.78 is 5.43. The van der Waals surface area contributed by atoms with Crippen molar-refractivity contribution < 1.29 is 9.53 Å². The third kappa shape index (κ3) is 2.73. The Hall–Kier alpha value is -2.23. The maximum absolute atomic E-state index is 12.9. The molecule has 3 rings (SSSR count). The average molecular weight is 298 g/mol. The van der Waals surface area contributed by atoms with Gasteiger partial charge in [-0.2, -0.15) is 0 Å². The van der Waals surface area contributed by atoms with Gasteiger partial charge >= 0.3 is 0 Å². The number of aromatic amines is 1. The summed E-state index contributed by atoms with van der Waals surface area (Å²) in [6, 6.07) is 7.79. The number of carbonyl (C=O) groups is 1. The number of rotatable bonds is 3. The van der Waals surface area contributed by atoms with E-state index in [4.69, 9.17) is 4.74 Å². The largest absolute Gasteiger partial charge is 0.496 e. The molecule has 1 aliphatic rings. The zero-order chi connectivity index (χ0) is 15.5. The van der Waals surface area contributed by atoms with Gasteiger partial charge in [-0.05, 0) is 24.8 Å². The molecule has 0 spiro atoms. The van der Waals surface area contributed by atoms with Gasteiger partial charge in [-0.3, -0.25) is 4.79 Å². The standard InChI is InChI=1S/C18H22N2O2/c1-13-6-5-9-20(12-13)18(21)16-11-19-10-15(16)14-7-3-4-8-17(14)22-2/h3-4,7-8,10-11,13,19H,5-6,9,12H2,1-2H3/t13-/m1/s1. The van der Waals surface area contributed by atoms with E-state index in [2.05, 4.69) is 11.9 Å². The Morgan fingerprint density at radius 2 is 2.09 bits per heavy atom. The van der Waals surface area contributed by atoms with E-state index in [9.17, 15) is 4.79 Å². The van der Waals surface area contributed by atoms with Gasteiger partial charge in [0, 0.05) is 36.6 Å². The van der Waals surface area contributed by atoms with Crippen LogP contribution < -0.4 is 4.74 Å². The van der Waals surface area contributed by atoms with E-state index in [0.717, 1.165) is 42.0 Å². The van der Waals surface area contributed by atoms with Gasteiger partial charge in [0.2, 0.25) is 0 Å². The summed E-state index contributed by atoms with van der Waals surface area (Å²) in [5.41, 5.74) is 2.57. The summed E-state index contributed by atoms with van der Waals surface area (Å²) in [6.45, 7) is 3.90. The number of aromatic nitrogens is 1. The van der Waals surface area contributed by atoms with E-state index < -0.39 is 0 Å². The molecule has 1 saturated heterocycles. The van der Waals surface area contributed by atoms with E-state index in [1.165, 1.54) is 6.42 Å². The van der Waals surface area contributed by atoms with Crippen molar-refractivity contribution in [2.75, 3.05) is 20.2 Å². The molecule has 2 heterocycles. The van der Waals surface area contributed by atoms with Crippen LogP contribution >= 0.6 is 0 Å². The number of nitrogens with one attached hydrogen (secondary N) is 1. The minimum Gasteiger partial charge on any atom is -0.496 e. The number of ether oxygens (including phenoxy) is 1. The third-order valence-corrected chi connectivity index (χ3v) is 4.32. The fraction of sp³-hybridized carbons (Fsp3) is 0.389. The predicted molar refractivity (Wildman–Crippen MR) is 87.1 cm³/mol. The fourth-order valence-corrected chi connectivity index (χ4v) is 3.17. The number of hydrogen-bond acceptors (Lipinski definition) is 2. The zero-order valence-corrected chi connectivity index (χ0v) is 13.1. The van der Waals surface area contributed by atoms with Crippen molar-refractivity contribution in [3.8, 4) is 16.9 Å². The van der Waals surface area contributed by atoms with Gasteiger partial charge < -0.3 is 14.6 Å². The second-order valence-corrected chi connectivity index (χ2v) is 5.98. The van der Waals surface area contributed by atoms with Gasteiger partial charge in [-0.1, -0.05) is 25.1 Å². The molecule has 1 fully saturated rings. The molecule has 116 valence electrons. The van der Waals surface area contributed by atoms with Crippen molar-refractivity contribution in [2.24, 2.45) is 5.92 Å². The first-order chi connectivity index (χ1) is 10.7. The molecule has 2 aromatic rings. The number of carbonyl (C=O) groups excluding carboxylic acids is 1. The van der Waals surface area contributed by atoms with Crippen LogP contribution in [0.15, 0.2) is 36.7 Å². The smallest absolute Gasteiger partial charge is 0.256 e. The van der Waals surface area contributed by atoms with Crippen LogP contribution in [0, 0.1) is 5.92 Å². The van der Waals surface area contributed by atoms with E-state index in [1.807, 2.05) is 35.4 Å². The fourth-order valence-electron chi connectivity index (χ4n) is 3.17. The van der Waals surface area contributed by atoms with Gasteiger partial charge in [-0.25, -0.2) is 0 Å². The first kappa shape index (κ1) is 14.7. The number of methoxy groups -OCH3 is 1. The number of piperidine rings is 1. The van der Waals surface area contributed by atoms with Crippen LogP contribution in [0.5, 0.6) is 5.75 Å². The first-order valence-electron chi connectivity index (χ1n) is 7.80. The van der Waals surface area contributed by atoms with Crippen molar-refractivity contribution in [2.45, 2.75) is 19.8 Å². The summed E-state index contributed by atoms with van der Waals surface area (Å²) in [7, 11) is 1.65. The Morgan fingerprint density at radius 1 is 1.27 bits per heavy atom. The molecule has 0 radical (unpaired) electrons. The lowest BCUT2D eigenvalue weighted by Gasteiger charge is -2.31. The van der Waals surface area contributed by atoms with Crippen molar-refractivity contribution in [1.29, 1.82) is 0 Å². The Kier molecular flexibility index (Phi) is 4.18. The second-order valence-electron chi connectivity index (χ2n) is 5.98. The molecule has 0 bridgehead atoms. The highest BCUT2D eigenvalue weighted by molar-refractivity contribution is 6.01. The van der Waals surface area contributed by atoms with Gasteiger partial charge in [0.1, 0.15) is 5.75 Å². The molecule has 1 atom stereocenters. The second kappa shape index (κ2) is 6.26. The topological polar surface area (TPSA) is 45.3 Å². The molecular weight excluding hydrogens is 276 g/mol. The average Bonchev–Trinajstić information content (AvgIpc) is 3.03. The maximum atomic E-state index is 12.9. The number of likely N-dealkylation sites (tertiary alicyclic amines) is 1. The summed E-state index contributed by atoms with van der Waals surface area (Å²) >= 11 is 0. The monoisotopic (exact) mass is 298 g/mol. The molecule has 0 aliphatic carbocycles. The van der Waals surface area contributed by atoms with Gasteiger partial charge in [0.15, 0.2) is 0 Å². The van der Waals surface area contributed by atoms with E-state index in [1.54, 1.807) is 13.3 Å². The summed E-state index contributed by atoms with van der Waals surface area (Å²) in [5, 5.41) is 0. The van der Waals surface area contributed by atoms with E-state index >= 15 is 0 Å². The lowest BCUT2D eigenvalue weighted by atomic mass is 9.98. The Balaban J connectivity index is 1.93. The van der Waals surface area contributed by atoms with Crippen molar-refractivity contribution in [3.63, 3.8) is 0 Å². The number of amides is 1. The van der Waals surface area contributed by atoms with Crippen LogP contribution in [-0.2, 0) is 0 Å². The van der Waals surface area contributed by atoms with Crippen LogP contribution in [0.3, 0.4) is 0 Å². The molecule has 0 unspecified atom stereocenters. The predicted octanol–water partition coefficient (Wildman–Crippen LogP) is 3.56. The van der Waals surface area contributed by atoms with Crippen molar-refractivity contribution in [3.05, 3.63) is 42.2 Å². The van der Waals surface area contributed by atoms with Gasteiger partial charge in [0.05, 0.1) is 12.7 Å². The highest BCUT2D eigenvalue weighted by Crippen LogP contribution is 2.33. The SMILES string of the molecule is COc1ccccc1-c1c[nH]cc1C(=O)N1CCC[C@@H](C)C1. The van der Waals surface area contributed by atoms with Gasteiger partial charge in [-0.15, -0.1) is 0 Å². The lowest BCUT2D eigenvalue weighted by Crippen LogP contribution is -2.39. The Bertz CT molecular complexity index is 663. The van der Waals surface area contributed by atoms with Crippen molar-refractivity contribution >= 4 is 5.91 Å². The van der Waals surface area contributed by atoms with E-state index in [0.29, 0.717) is 5.92 Å². The van der Waals surface area contributed by atoms with Crippen LogP contribution in [-0.4, -0.2) is 36.0 Å². The Labute approximate surface area is 131 Å². The quantitative estimate of drug-likeness (QED) is 0.941. The molecule has 1 N–H and O–H groups in total. The number of para-hydroxylation sites is 1. The number of H-pyrrole nitrogens is 1. The van der Waals surface area contributed by atoms with Crippen molar-refractivity contribution in [1.82, 2.24) is 9.88 Å². The summed E-state index contributed by atoms with van der Waals surface area (Å²) in [4.78, 5) is 17.9. The zero-order valence-electron chi connectivity index (χ0n) is 13.1.